The molecule has 2 fully saturated rings. The first-order valence-electron chi connectivity index (χ1n) is 13.6. The fourth-order valence-electron chi connectivity index (χ4n) is 6.40. The van der Waals surface area contributed by atoms with Crippen LogP contribution in [0, 0.1) is 17.8 Å². The van der Waals surface area contributed by atoms with Crippen molar-refractivity contribution in [2.75, 3.05) is 20.3 Å². The van der Waals surface area contributed by atoms with Crippen LogP contribution < -0.4 is 0 Å². The molecule has 2 saturated heterocycles. The van der Waals surface area contributed by atoms with Gasteiger partial charge in [0.2, 0.25) is 11.8 Å². The highest BCUT2D eigenvalue weighted by atomic mass is 32.1. The number of amides is 2. The minimum absolute atomic E-state index is 0.0828. The van der Waals surface area contributed by atoms with Gasteiger partial charge in [0.15, 0.2) is 0 Å². The molecule has 9 heteroatoms. The number of fused-ring (bicyclic) bond motifs is 3. The van der Waals surface area contributed by atoms with Crippen molar-refractivity contribution >= 4 is 34.8 Å². The molecular weight excluding hydrogens is 528 g/mol. The fourth-order valence-corrected chi connectivity index (χ4v) is 7.09. The Bertz CT molecular complexity index is 1430. The Hall–Kier alpha value is -3.37. The summed E-state index contributed by atoms with van der Waals surface area (Å²) in [6.07, 6.45) is 5.41. The van der Waals surface area contributed by atoms with Crippen LogP contribution in [0.5, 0.6) is 0 Å². The van der Waals surface area contributed by atoms with Crippen molar-refractivity contribution in [1.29, 1.82) is 0 Å². The molecule has 1 aliphatic carbocycles. The zero-order chi connectivity index (χ0) is 27.6. The number of likely N-dealkylation sites (tertiary alicyclic amines) is 1. The minimum atomic E-state index is -0.390. The fraction of sp³-hybridized carbons (Fsp3) is 0.387. The molecule has 0 spiro atoms. The highest BCUT2D eigenvalue weighted by Crippen LogP contribution is 2.50. The molecule has 0 unspecified atom stereocenters. The first-order valence-corrected chi connectivity index (χ1v) is 14.5. The van der Waals surface area contributed by atoms with Gasteiger partial charge in [-0.25, -0.2) is 0 Å². The lowest BCUT2D eigenvalue weighted by Crippen LogP contribution is -2.35. The van der Waals surface area contributed by atoms with Gasteiger partial charge in [-0.2, -0.15) is 0 Å². The summed E-state index contributed by atoms with van der Waals surface area (Å²) in [5, 5.41) is 11.4. The Morgan fingerprint density at radius 2 is 2.08 bits per heavy atom. The van der Waals surface area contributed by atoms with Crippen LogP contribution >= 0.6 is 11.3 Å². The van der Waals surface area contributed by atoms with Crippen molar-refractivity contribution in [2.24, 2.45) is 17.8 Å². The molecule has 2 amide bonds. The van der Waals surface area contributed by atoms with E-state index in [4.69, 9.17) is 13.9 Å². The predicted octanol–water partition coefficient (Wildman–Crippen LogP) is 4.71. The lowest BCUT2D eigenvalue weighted by molar-refractivity contribution is -0.140. The smallest absolute Gasteiger partial charge is 0.234 e. The topological polar surface area (TPSA) is 102 Å². The third-order valence-electron chi connectivity index (χ3n) is 8.14. The highest BCUT2D eigenvalue weighted by molar-refractivity contribution is 7.09. The molecule has 6 rings (SSSR count). The predicted molar refractivity (Wildman–Crippen MR) is 150 cm³/mol. The number of ether oxygens (including phenoxy) is 2. The van der Waals surface area contributed by atoms with Gasteiger partial charge in [-0.3, -0.25) is 19.5 Å². The molecule has 8 nitrogen and oxygen atoms in total. The molecule has 40 heavy (non-hydrogen) atoms. The van der Waals surface area contributed by atoms with Crippen molar-refractivity contribution in [3.63, 3.8) is 0 Å². The van der Waals surface area contributed by atoms with Gasteiger partial charge in [0.25, 0.3) is 0 Å². The quantitative estimate of drug-likeness (QED) is 0.283. The van der Waals surface area contributed by atoms with E-state index >= 15 is 0 Å². The van der Waals surface area contributed by atoms with Crippen LogP contribution in [0.3, 0.4) is 0 Å². The molecule has 1 N–H and O–H groups in total. The third kappa shape index (κ3) is 5.10. The molecule has 0 aromatic carbocycles. The average molecular weight is 561 g/mol. The van der Waals surface area contributed by atoms with E-state index in [1.165, 1.54) is 4.90 Å². The Balaban J connectivity index is 1.25. The van der Waals surface area contributed by atoms with E-state index in [0.717, 1.165) is 27.3 Å². The van der Waals surface area contributed by atoms with Gasteiger partial charge in [0.05, 0.1) is 43.4 Å². The first-order chi connectivity index (χ1) is 19.6. The summed E-state index contributed by atoms with van der Waals surface area (Å²) in [4.78, 5) is 34.1. The third-order valence-corrected chi connectivity index (χ3v) is 9.00. The molecule has 4 atom stereocenters. The zero-order valence-corrected chi connectivity index (χ0v) is 23.1. The van der Waals surface area contributed by atoms with E-state index in [9.17, 15) is 14.7 Å². The first kappa shape index (κ1) is 26.8. The van der Waals surface area contributed by atoms with E-state index in [1.807, 2.05) is 47.9 Å². The summed E-state index contributed by atoms with van der Waals surface area (Å²) in [5.74, 6) is 0.104. The molecule has 5 heterocycles. The maximum atomic E-state index is 13.6. The second kappa shape index (κ2) is 11.6. The molecule has 0 saturated carbocycles. The monoisotopic (exact) mass is 560 g/mol. The largest absolute Gasteiger partial charge is 0.459 e. The molecule has 0 radical (unpaired) electrons. The van der Waals surface area contributed by atoms with Crippen LogP contribution in [0.15, 0.2) is 69.6 Å². The number of methoxy groups -OCH3 is 1. The molecule has 3 aliphatic rings. The number of furan rings is 1. The Morgan fingerprint density at radius 1 is 1.18 bits per heavy atom. The van der Waals surface area contributed by atoms with Crippen LogP contribution in [-0.2, 0) is 32.2 Å². The number of nitrogens with zero attached hydrogens (tertiary/aromatic N) is 2. The number of pyridine rings is 1. The van der Waals surface area contributed by atoms with Crippen molar-refractivity contribution in [1.82, 2.24) is 9.88 Å². The summed E-state index contributed by atoms with van der Waals surface area (Å²) in [7, 11) is 1.66. The number of hydrogen-bond donors (Lipinski definition) is 1. The molecular formula is C31H32N2O6S. The number of rotatable bonds is 10. The van der Waals surface area contributed by atoms with Gasteiger partial charge in [0.1, 0.15) is 18.1 Å². The van der Waals surface area contributed by atoms with Crippen LogP contribution in [0.1, 0.15) is 41.4 Å². The molecule has 3 aromatic rings. The SMILES string of the molecule is COCC1=C2[C@@H](CC/C(=C/c3ccc(CO)o3)c3ccccn3)OC[C@@H]2[C@@H]2C(=O)N(Cc3cccs3)C(=O)[C@@H]2C1. The number of thiophene rings is 1. The second-order valence-corrected chi connectivity index (χ2v) is 11.5. The lowest BCUT2D eigenvalue weighted by Gasteiger charge is -2.31. The van der Waals surface area contributed by atoms with E-state index in [1.54, 1.807) is 30.7 Å². The van der Waals surface area contributed by atoms with Gasteiger partial charge in [0, 0.05) is 24.1 Å². The summed E-state index contributed by atoms with van der Waals surface area (Å²) in [5.41, 5.74) is 4.04. The summed E-state index contributed by atoms with van der Waals surface area (Å²) in [6.45, 7) is 1.01. The van der Waals surface area contributed by atoms with Crippen LogP contribution in [0.25, 0.3) is 11.6 Å². The second-order valence-electron chi connectivity index (χ2n) is 10.5. The number of aromatic nitrogens is 1. The van der Waals surface area contributed by atoms with Crippen molar-refractivity contribution in [3.8, 4) is 0 Å². The van der Waals surface area contributed by atoms with Gasteiger partial charge in [-0.1, -0.05) is 12.1 Å². The Morgan fingerprint density at radius 3 is 2.80 bits per heavy atom. The van der Waals surface area contributed by atoms with E-state index < -0.39 is 0 Å². The van der Waals surface area contributed by atoms with Crippen LogP contribution in [0.2, 0.25) is 0 Å². The van der Waals surface area contributed by atoms with Crippen molar-refractivity contribution in [2.45, 2.75) is 38.5 Å². The van der Waals surface area contributed by atoms with Crippen molar-refractivity contribution < 1.29 is 28.6 Å². The highest BCUT2D eigenvalue weighted by Gasteiger charge is 2.56. The average Bonchev–Trinajstić information content (AvgIpc) is 3.78. The number of aliphatic hydroxyl groups excluding tert-OH is 1. The number of carbonyl (C=O) groups is 2. The Kier molecular flexibility index (Phi) is 7.80. The van der Waals surface area contributed by atoms with E-state index in [2.05, 4.69) is 4.98 Å². The molecule has 2 aliphatic heterocycles. The summed E-state index contributed by atoms with van der Waals surface area (Å²) < 4.78 is 17.7. The van der Waals surface area contributed by atoms with Gasteiger partial charge in [-0.05, 0) is 77.8 Å². The maximum Gasteiger partial charge on any atom is 0.234 e. The van der Waals surface area contributed by atoms with Crippen LogP contribution in [0.4, 0.5) is 0 Å². The number of imide groups is 1. The molecule has 0 bridgehead atoms. The standard InChI is InChI=1S/C31H32N2O6S/c1-37-17-20-14-24-29(31(36)33(30(24)35)15-23-5-4-12-40-23)25-18-38-27(28(20)25)10-7-19(26-6-2-3-11-32-26)13-21-8-9-22(16-34)39-21/h2-6,8-9,11-13,24-25,27,29,34H,7,10,14-18H2,1H3/b19-13-/t24-,25+,27-,29-/m1/s1. The van der Waals surface area contributed by atoms with Gasteiger partial charge in [-0.15, -0.1) is 11.3 Å². The van der Waals surface area contributed by atoms with E-state index in [0.29, 0.717) is 50.5 Å². The van der Waals surface area contributed by atoms with Crippen molar-refractivity contribution in [3.05, 3.63) is 87.3 Å². The lowest BCUT2D eigenvalue weighted by atomic mass is 9.69. The normalized spacial score (nSPS) is 24.6. The van der Waals surface area contributed by atoms with Gasteiger partial charge < -0.3 is 19.0 Å². The number of carbonyl (C=O) groups excluding carboxylic acids is 2. The van der Waals surface area contributed by atoms with Gasteiger partial charge >= 0.3 is 0 Å². The molecule has 208 valence electrons. The van der Waals surface area contributed by atoms with Crippen LogP contribution in [-0.4, -0.2) is 53.2 Å². The summed E-state index contributed by atoms with van der Waals surface area (Å²) >= 11 is 1.56. The Labute approximate surface area is 236 Å². The molecule has 3 aromatic heterocycles. The number of allylic oxidation sites excluding steroid dienone is 1. The zero-order valence-electron chi connectivity index (χ0n) is 22.3. The van der Waals surface area contributed by atoms with E-state index in [-0.39, 0.29) is 42.3 Å². The number of aliphatic hydroxyl groups is 1. The minimum Gasteiger partial charge on any atom is -0.459 e. The number of hydrogen-bond acceptors (Lipinski definition) is 8. The maximum absolute atomic E-state index is 13.6. The summed E-state index contributed by atoms with van der Waals surface area (Å²) in [6, 6.07) is 13.3.